The lowest BCUT2D eigenvalue weighted by Gasteiger charge is -2.17. The zero-order chi connectivity index (χ0) is 19.2. The van der Waals surface area contributed by atoms with Crippen LogP contribution in [0.5, 0.6) is 5.75 Å². The normalized spacial score (nSPS) is 13.4. The van der Waals surface area contributed by atoms with Crippen LogP contribution in [-0.4, -0.2) is 30.4 Å². The standard InChI is InChI=1S/C20H20FN5O/c21-18-12-15(11-16(19(18)27)13-24-25-20(22)23)4-3-14-5-7-17(8-6-14)26-9-1-2-10-26/h5-8,11-13,27H,1-2,9-10H2,(H4,22,23,25). The second-order valence-electron chi connectivity index (χ2n) is 6.17. The van der Waals surface area contributed by atoms with E-state index >= 15 is 0 Å². The summed E-state index contributed by atoms with van der Waals surface area (Å²) in [6, 6.07) is 10.6. The molecule has 0 saturated carbocycles. The molecule has 1 aliphatic rings. The smallest absolute Gasteiger partial charge is 0.206 e. The molecule has 2 aromatic rings. The van der Waals surface area contributed by atoms with E-state index in [0.717, 1.165) is 24.7 Å². The van der Waals surface area contributed by atoms with Gasteiger partial charge in [-0.15, -0.1) is 0 Å². The number of anilines is 1. The summed E-state index contributed by atoms with van der Waals surface area (Å²) in [5, 5.41) is 20.4. The predicted molar refractivity (Wildman–Crippen MR) is 105 cm³/mol. The topological polar surface area (TPSA) is 97.7 Å². The lowest BCUT2D eigenvalue weighted by molar-refractivity contribution is 0.431. The molecule has 0 spiro atoms. The first kappa shape index (κ1) is 18.3. The molecule has 27 heavy (non-hydrogen) atoms. The first-order valence-corrected chi connectivity index (χ1v) is 8.55. The van der Waals surface area contributed by atoms with E-state index < -0.39 is 11.6 Å². The summed E-state index contributed by atoms with van der Waals surface area (Å²) in [6.45, 7) is 2.17. The highest BCUT2D eigenvalue weighted by Gasteiger charge is 2.11. The number of hydrogen-bond donors (Lipinski definition) is 4. The van der Waals surface area contributed by atoms with E-state index in [2.05, 4.69) is 27.3 Å². The van der Waals surface area contributed by atoms with Gasteiger partial charge in [-0.05, 0) is 49.2 Å². The van der Waals surface area contributed by atoms with E-state index in [-0.39, 0.29) is 11.5 Å². The van der Waals surface area contributed by atoms with Crippen LogP contribution in [0, 0.1) is 23.1 Å². The van der Waals surface area contributed by atoms with E-state index in [4.69, 9.17) is 11.1 Å². The van der Waals surface area contributed by atoms with Gasteiger partial charge in [-0.1, -0.05) is 11.8 Å². The number of nitrogens with two attached hydrogens (primary N) is 1. The van der Waals surface area contributed by atoms with Crippen molar-refractivity contribution in [1.82, 2.24) is 5.43 Å². The summed E-state index contributed by atoms with van der Waals surface area (Å²) >= 11 is 0. The Morgan fingerprint density at radius 2 is 1.85 bits per heavy atom. The van der Waals surface area contributed by atoms with E-state index in [9.17, 15) is 9.50 Å². The Kier molecular flexibility index (Phi) is 5.57. The molecule has 0 atom stereocenters. The fourth-order valence-corrected chi connectivity index (χ4v) is 2.84. The van der Waals surface area contributed by atoms with Crippen LogP contribution in [0.15, 0.2) is 41.5 Å². The lowest BCUT2D eigenvalue weighted by atomic mass is 10.1. The van der Waals surface area contributed by atoms with Crippen molar-refractivity contribution in [1.29, 1.82) is 5.41 Å². The quantitative estimate of drug-likeness (QED) is 0.290. The van der Waals surface area contributed by atoms with Gasteiger partial charge >= 0.3 is 0 Å². The third kappa shape index (κ3) is 4.76. The maximum Gasteiger partial charge on any atom is 0.206 e. The number of phenolic OH excluding ortho intramolecular Hbond substituents is 1. The van der Waals surface area contributed by atoms with Crippen LogP contribution in [0.1, 0.15) is 29.5 Å². The fraction of sp³-hybridized carbons (Fsp3) is 0.200. The zero-order valence-corrected chi connectivity index (χ0v) is 14.7. The highest BCUT2D eigenvalue weighted by molar-refractivity contribution is 5.85. The fourth-order valence-electron chi connectivity index (χ4n) is 2.84. The molecule has 0 unspecified atom stereocenters. The highest BCUT2D eigenvalue weighted by Crippen LogP contribution is 2.22. The monoisotopic (exact) mass is 365 g/mol. The van der Waals surface area contributed by atoms with Crippen molar-refractivity contribution < 1.29 is 9.50 Å². The largest absolute Gasteiger partial charge is 0.504 e. The van der Waals surface area contributed by atoms with E-state index in [1.165, 1.54) is 30.8 Å². The minimum absolute atomic E-state index is 0.137. The van der Waals surface area contributed by atoms with Gasteiger partial charge in [-0.25, -0.2) is 9.82 Å². The molecule has 5 N–H and O–H groups in total. The predicted octanol–water partition coefficient (Wildman–Crippen LogP) is 2.35. The van der Waals surface area contributed by atoms with Crippen molar-refractivity contribution in [2.45, 2.75) is 12.8 Å². The number of benzene rings is 2. The Balaban J connectivity index is 1.78. The first-order chi connectivity index (χ1) is 13.0. The Labute approximate surface area is 157 Å². The van der Waals surface area contributed by atoms with E-state index in [1.807, 2.05) is 24.3 Å². The van der Waals surface area contributed by atoms with Gasteiger partial charge in [0.2, 0.25) is 5.96 Å². The minimum Gasteiger partial charge on any atom is -0.504 e. The van der Waals surface area contributed by atoms with Gasteiger partial charge in [0.25, 0.3) is 0 Å². The number of nitrogens with one attached hydrogen (secondary N) is 2. The van der Waals surface area contributed by atoms with Crippen molar-refractivity contribution in [3.63, 3.8) is 0 Å². The van der Waals surface area contributed by atoms with Crippen molar-refractivity contribution in [3.05, 3.63) is 58.9 Å². The number of aromatic hydroxyl groups is 1. The molecule has 1 aliphatic heterocycles. The molecule has 0 radical (unpaired) electrons. The third-order valence-electron chi connectivity index (χ3n) is 4.17. The Morgan fingerprint density at radius 1 is 1.19 bits per heavy atom. The molecule has 0 bridgehead atoms. The molecular formula is C20H20FN5O. The number of hydrazone groups is 1. The van der Waals surface area contributed by atoms with Gasteiger partial charge in [-0.2, -0.15) is 5.10 Å². The van der Waals surface area contributed by atoms with Crippen LogP contribution >= 0.6 is 0 Å². The summed E-state index contributed by atoms with van der Waals surface area (Å²) in [7, 11) is 0. The Hall–Kier alpha value is -3.53. The molecule has 1 heterocycles. The van der Waals surface area contributed by atoms with Gasteiger partial charge in [0.05, 0.1) is 6.21 Å². The number of rotatable bonds is 3. The second-order valence-corrected chi connectivity index (χ2v) is 6.17. The average Bonchev–Trinajstić information content (AvgIpc) is 3.18. The summed E-state index contributed by atoms with van der Waals surface area (Å²) < 4.78 is 13.9. The second kappa shape index (κ2) is 8.23. The number of guanidine groups is 1. The summed E-state index contributed by atoms with van der Waals surface area (Å²) in [6.07, 6.45) is 3.62. The minimum atomic E-state index is -0.796. The Bertz CT molecular complexity index is 922. The Morgan fingerprint density at radius 3 is 2.52 bits per heavy atom. The van der Waals surface area contributed by atoms with Crippen molar-refractivity contribution >= 4 is 17.9 Å². The number of nitrogens with zero attached hydrogens (tertiary/aromatic N) is 2. The van der Waals surface area contributed by atoms with Crippen molar-refractivity contribution in [2.75, 3.05) is 18.0 Å². The molecule has 0 aromatic heterocycles. The molecule has 138 valence electrons. The summed E-state index contributed by atoms with van der Waals surface area (Å²) in [5.74, 6) is 4.19. The summed E-state index contributed by atoms with van der Waals surface area (Å²) in [5.41, 5.74) is 9.86. The van der Waals surface area contributed by atoms with Crippen LogP contribution in [0.4, 0.5) is 10.1 Å². The highest BCUT2D eigenvalue weighted by atomic mass is 19.1. The van der Waals surface area contributed by atoms with Gasteiger partial charge in [0.15, 0.2) is 11.6 Å². The van der Waals surface area contributed by atoms with Gasteiger partial charge < -0.3 is 15.7 Å². The molecule has 0 aliphatic carbocycles. The van der Waals surface area contributed by atoms with Crippen LogP contribution in [-0.2, 0) is 0 Å². The van der Waals surface area contributed by atoms with Crippen LogP contribution < -0.4 is 16.1 Å². The first-order valence-electron chi connectivity index (χ1n) is 8.55. The number of hydrogen-bond acceptors (Lipinski definition) is 4. The molecule has 2 aromatic carbocycles. The molecule has 6 nitrogen and oxygen atoms in total. The molecule has 1 fully saturated rings. The van der Waals surface area contributed by atoms with Crippen molar-refractivity contribution in [3.8, 4) is 17.6 Å². The van der Waals surface area contributed by atoms with Crippen LogP contribution in [0.25, 0.3) is 0 Å². The van der Waals surface area contributed by atoms with Crippen LogP contribution in [0.3, 0.4) is 0 Å². The maximum absolute atomic E-state index is 13.9. The van der Waals surface area contributed by atoms with Gasteiger partial charge in [0.1, 0.15) is 0 Å². The number of phenols is 1. The summed E-state index contributed by atoms with van der Waals surface area (Å²) in [4.78, 5) is 2.34. The third-order valence-corrected chi connectivity index (χ3v) is 4.17. The molecule has 0 amide bonds. The van der Waals surface area contributed by atoms with E-state index in [1.54, 1.807) is 0 Å². The molecule has 1 saturated heterocycles. The molecular weight excluding hydrogens is 345 g/mol. The van der Waals surface area contributed by atoms with Crippen molar-refractivity contribution in [2.24, 2.45) is 10.8 Å². The van der Waals surface area contributed by atoms with Gasteiger partial charge in [-0.3, -0.25) is 5.41 Å². The average molecular weight is 365 g/mol. The lowest BCUT2D eigenvalue weighted by Crippen LogP contribution is -2.25. The van der Waals surface area contributed by atoms with Gasteiger partial charge in [0, 0.05) is 35.5 Å². The maximum atomic E-state index is 13.9. The molecule has 7 heteroatoms. The zero-order valence-electron chi connectivity index (χ0n) is 14.7. The van der Waals surface area contributed by atoms with E-state index in [0.29, 0.717) is 5.56 Å². The SMILES string of the molecule is N=C(N)NN=Cc1cc(C#Cc2ccc(N3CCCC3)cc2)cc(F)c1O. The number of halogens is 1. The molecule has 3 rings (SSSR count). The van der Waals surface area contributed by atoms with Crippen LogP contribution in [0.2, 0.25) is 0 Å².